The summed E-state index contributed by atoms with van der Waals surface area (Å²) < 4.78 is 6.84. The molecule has 0 aliphatic carbocycles. The average Bonchev–Trinajstić information content (AvgIpc) is 2.75. The molecule has 0 saturated heterocycles. The zero-order chi connectivity index (χ0) is 14.3. The molecule has 0 aromatic carbocycles. The molecular formula is C13H23N3O3. The van der Waals surface area contributed by atoms with E-state index in [-0.39, 0.29) is 12.5 Å². The Labute approximate surface area is 113 Å². The van der Waals surface area contributed by atoms with Gasteiger partial charge >= 0.3 is 0 Å². The Morgan fingerprint density at radius 1 is 1.53 bits per heavy atom. The first-order valence-corrected chi connectivity index (χ1v) is 6.48. The van der Waals surface area contributed by atoms with E-state index in [1.54, 1.807) is 24.3 Å². The number of aryl methyl sites for hydroxylation is 1. The third-order valence-electron chi connectivity index (χ3n) is 2.82. The zero-order valence-corrected chi connectivity index (χ0v) is 11.6. The van der Waals surface area contributed by atoms with Crippen LogP contribution in [0.3, 0.4) is 0 Å². The van der Waals surface area contributed by atoms with Crippen LogP contribution in [0.15, 0.2) is 12.3 Å². The molecule has 1 amide bonds. The van der Waals surface area contributed by atoms with Gasteiger partial charge < -0.3 is 25.0 Å². The van der Waals surface area contributed by atoms with E-state index in [9.17, 15) is 4.79 Å². The normalized spacial score (nSPS) is 10.7. The van der Waals surface area contributed by atoms with Gasteiger partial charge in [0.2, 0.25) is 0 Å². The summed E-state index contributed by atoms with van der Waals surface area (Å²) in [5.41, 5.74) is 6.89. The lowest BCUT2D eigenvalue weighted by Crippen LogP contribution is -2.37. The number of amides is 1. The molecule has 108 valence electrons. The largest absolute Gasteiger partial charge is 0.397 e. The van der Waals surface area contributed by atoms with Crippen molar-refractivity contribution in [3.8, 4) is 0 Å². The standard InChI is InChI=1S/C13H23N3O3/c1-3-4-16-10-11(14)9-12(16)13(18)15(5-7-17)6-8-19-2/h9-10,17H,3-8,14H2,1-2H3. The molecule has 0 radical (unpaired) electrons. The lowest BCUT2D eigenvalue weighted by atomic mass is 10.3. The molecule has 3 N–H and O–H groups in total. The molecule has 1 heterocycles. The molecule has 1 rings (SSSR count). The second-order valence-electron chi connectivity index (χ2n) is 4.36. The molecule has 0 fully saturated rings. The first-order chi connectivity index (χ1) is 9.13. The van der Waals surface area contributed by atoms with E-state index < -0.39 is 0 Å². The maximum Gasteiger partial charge on any atom is 0.270 e. The van der Waals surface area contributed by atoms with Gasteiger partial charge in [0.05, 0.1) is 18.9 Å². The summed E-state index contributed by atoms with van der Waals surface area (Å²) in [7, 11) is 1.58. The fourth-order valence-electron chi connectivity index (χ4n) is 1.94. The first-order valence-electron chi connectivity index (χ1n) is 6.48. The third kappa shape index (κ3) is 4.25. The van der Waals surface area contributed by atoms with Crippen LogP contribution in [0.25, 0.3) is 0 Å². The smallest absolute Gasteiger partial charge is 0.270 e. The Balaban J connectivity index is 2.88. The highest BCUT2D eigenvalue weighted by atomic mass is 16.5. The number of hydrogen-bond acceptors (Lipinski definition) is 4. The van der Waals surface area contributed by atoms with Crippen molar-refractivity contribution in [1.29, 1.82) is 0 Å². The zero-order valence-electron chi connectivity index (χ0n) is 11.6. The van der Waals surface area contributed by atoms with Gasteiger partial charge in [-0.1, -0.05) is 6.92 Å². The number of anilines is 1. The number of rotatable bonds is 8. The SMILES string of the molecule is CCCn1cc(N)cc1C(=O)N(CCO)CCOC. The maximum atomic E-state index is 12.4. The quantitative estimate of drug-likeness (QED) is 0.722. The predicted molar refractivity (Wildman–Crippen MR) is 74.0 cm³/mol. The number of nitrogen functional groups attached to an aromatic ring is 1. The Hall–Kier alpha value is -1.53. The minimum absolute atomic E-state index is 0.0700. The minimum atomic E-state index is -0.128. The number of nitrogens with zero attached hydrogens (tertiary/aromatic N) is 2. The Bertz CT molecular complexity index is 404. The molecule has 0 spiro atoms. The number of aromatic nitrogens is 1. The fourth-order valence-corrected chi connectivity index (χ4v) is 1.94. The number of carbonyl (C=O) groups excluding carboxylic acids is 1. The van der Waals surface area contributed by atoms with Crippen molar-refractivity contribution < 1.29 is 14.6 Å². The van der Waals surface area contributed by atoms with E-state index in [1.807, 2.05) is 11.5 Å². The van der Waals surface area contributed by atoms with E-state index in [1.165, 1.54) is 0 Å². The van der Waals surface area contributed by atoms with E-state index in [4.69, 9.17) is 15.6 Å². The van der Waals surface area contributed by atoms with Crippen molar-refractivity contribution in [2.24, 2.45) is 0 Å². The van der Waals surface area contributed by atoms with Crippen LogP contribution in [0.1, 0.15) is 23.8 Å². The highest BCUT2D eigenvalue weighted by Gasteiger charge is 2.19. The van der Waals surface area contributed by atoms with E-state index in [2.05, 4.69) is 0 Å². The Morgan fingerprint density at radius 3 is 2.84 bits per heavy atom. The molecule has 1 aromatic rings. The molecular weight excluding hydrogens is 246 g/mol. The third-order valence-corrected chi connectivity index (χ3v) is 2.82. The molecule has 1 aromatic heterocycles. The van der Waals surface area contributed by atoms with Gasteiger partial charge in [-0.15, -0.1) is 0 Å². The molecule has 0 aliphatic heterocycles. The predicted octanol–water partition coefficient (Wildman–Crippen LogP) is 0.561. The van der Waals surface area contributed by atoms with Crippen molar-refractivity contribution in [3.63, 3.8) is 0 Å². The van der Waals surface area contributed by atoms with Crippen LogP contribution >= 0.6 is 0 Å². The molecule has 0 atom stereocenters. The second-order valence-corrected chi connectivity index (χ2v) is 4.36. The van der Waals surface area contributed by atoms with Gasteiger partial charge in [0.15, 0.2) is 0 Å². The Morgan fingerprint density at radius 2 is 2.26 bits per heavy atom. The van der Waals surface area contributed by atoms with Crippen molar-refractivity contribution in [2.45, 2.75) is 19.9 Å². The summed E-state index contributed by atoms with van der Waals surface area (Å²) in [5.74, 6) is -0.128. The van der Waals surface area contributed by atoms with Crippen LogP contribution in [0, 0.1) is 0 Å². The van der Waals surface area contributed by atoms with Gasteiger partial charge in [-0.25, -0.2) is 0 Å². The van der Waals surface area contributed by atoms with Crippen LogP contribution in [-0.4, -0.2) is 53.9 Å². The van der Waals surface area contributed by atoms with Crippen LogP contribution in [0.5, 0.6) is 0 Å². The number of carbonyl (C=O) groups is 1. The number of nitrogens with two attached hydrogens (primary N) is 1. The van der Waals surface area contributed by atoms with Crippen LogP contribution in [-0.2, 0) is 11.3 Å². The maximum absolute atomic E-state index is 12.4. The lowest BCUT2D eigenvalue weighted by molar-refractivity contribution is 0.0646. The van der Waals surface area contributed by atoms with E-state index in [0.717, 1.165) is 13.0 Å². The second kappa shape index (κ2) is 7.81. The molecule has 6 nitrogen and oxygen atoms in total. The van der Waals surface area contributed by atoms with E-state index >= 15 is 0 Å². The van der Waals surface area contributed by atoms with Gasteiger partial charge in [-0.05, 0) is 12.5 Å². The van der Waals surface area contributed by atoms with Gasteiger partial charge in [-0.3, -0.25) is 4.79 Å². The average molecular weight is 269 g/mol. The topological polar surface area (TPSA) is 80.7 Å². The molecule has 6 heteroatoms. The van der Waals surface area contributed by atoms with E-state index in [0.29, 0.717) is 31.1 Å². The summed E-state index contributed by atoms with van der Waals surface area (Å²) in [6, 6.07) is 1.68. The molecule has 0 bridgehead atoms. The van der Waals surface area contributed by atoms with Crippen molar-refractivity contribution in [3.05, 3.63) is 18.0 Å². The van der Waals surface area contributed by atoms with Crippen LogP contribution in [0.2, 0.25) is 0 Å². The van der Waals surface area contributed by atoms with Gasteiger partial charge in [-0.2, -0.15) is 0 Å². The summed E-state index contributed by atoms with van der Waals surface area (Å²) in [6.45, 7) is 3.90. The van der Waals surface area contributed by atoms with Gasteiger partial charge in [0, 0.05) is 32.9 Å². The minimum Gasteiger partial charge on any atom is -0.397 e. The highest BCUT2D eigenvalue weighted by Crippen LogP contribution is 2.14. The fraction of sp³-hybridized carbons (Fsp3) is 0.615. The van der Waals surface area contributed by atoms with Crippen molar-refractivity contribution in [2.75, 3.05) is 39.1 Å². The van der Waals surface area contributed by atoms with Crippen LogP contribution in [0.4, 0.5) is 5.69 Å². The van der Waals surface area contributed by atoms with Gasteiger partial charge in [0.25, 0.3) is 5.91 Å². The highest BCUT2D eigenvalue weighted by molar-refractivity contribution is 5.93. The molecule has 19 heavy (non-hydrogen) atoms. The summed E-state index contributed by atoms with van der Waals surface area (Å²) >= 11 is 0. The number of ether oxygens (including phenoxy) is 1. The summed E-state index contributed by atoms with van der Waals surface area (Å²) in [6.07, 6.45) is 2.69. The summed E-state index contributed by atoms with van der Waals surface area (Å²) in [4.78, 5) is 14.0. The van der Waals surface area contributed by atoms with Crippen LogP contribution < -0.4 is 5.73 Å². The molecule has 0 aliphatic rings. The number of aliphatic hydroxyl groups is 1. The lowest BCUT2D eigenvalue weighted by Gasteiger charge is -2.22. The number of aliphatic hydroxyl groups excluding tert-OH is 1. The van der Waals surface area contributed by atoms with Gasteiger partial charge in [0.1, 0.15) is 5.69 Å². The summed E-state index contributed by atoms with van der Waals surface area (Å²) in [5, 5.41) is 9.04. The molecule has 0 saturated carbocycles. The first kappa shape index (κ1) is 15.5. The number of hydrogen-bond donors (Lipinski definition) is 2. The van der Waals surface area contributed by atoms with Crippen molar-refractivity contribution >= 4 is 11.6 Å². The monoisotopic (exact) mass is 269 g/mol. The number of methoxy groups -OCH3 is 1. The molecule has 0 unspecified atom stereocenters. The Kier molecular flexibility index (Phi) is 6.38. The van der Waals surface area contributed by atoms with Crippen molar-refractivity contribution in [1.82, 2.24) is 9.47 Å².